The molecule has 0 unspecified atom stereocenters. The molecule has 0 fully saturated rings. The molecule has 104 valence electrons. The van der Waals surface area contributed by atoms with E-state index in [4.69, 9.17) is 5.26 Å². The normalized spacial score (nSPS) is 12.3. The number of hydrogen-bond donors (Lipinski definition) is 0. The van der Waals surface area contributed by atoms with Gasteiger partial charge in [-0.05, 0) is 12.1 Å². The van der Waals surface area contributed by atoms with Crippen LogP contribution in [0, 0.1) is 11.3 Å². The minimum absolute atomic E-state index is 0.0358. The number of benzene rings is 1. The SMILES string of the molecule is CN(CCS(C)(=O)=O)S(=O)(=O)c1ccccc1C#N. The van der Waals surface area contributed by atoms with E-state index in [2.05, 4.69) is 0 Å². The lowest BCUT2D eigenvalue weighted by molar-refractivity contribution is 0.484. The van der Waals surface area contributed by atoms with Crippen LogP contribution in [0.3, 0.4) is 0 Å². The van der Waals surface area contributed by atoms with Crippen LogP contribution < -0.4 is 0 Å². The Morgan fingerprint density at radius 3 is 2.32 bits per heavy atom. The molecule has 0 spiro atoms. The van der Waals surface area contributed by atoms with Crippen LogP contribution in [0.1, 0.15) is 5.56 Å². The van der Waals surface area contributed by atoms with E-state index < -0.39 is 19.9 Å². The summed E-state index contributed by atoms with van der Waals surface area (Å²) in [6, 6.07) is 7.60. The summed E-state index contributed by atoms with van der Waals surface area (Å²) in [5, 5.41) is 8.89. The van der Waals surface area contributed by atoms with Crippen molar-refractivity contribution >= 4 is 19.9 Å². The highest BCUT2D eigenvalue weighted by atomic mass is 32.2. The summed E-state index contributed by atoms with van der Waals surface area (Å²) in [7, 11) is -5.82. The second-order valence-electron chi connectivity index (χ2n) is 4.06. The van der Waals surface area contributed by atoms with Gasteiger partial charge in [0.15, 0.2) is 0 Å². The number of nitrogens with zero attached hydrogens (tertiary/aromatic N) is 2. The molecule has 1 rings (SSSR count). The van der Waals surface area contributed by atoms with Crippen molar-refractivity contribution in [3.8, 4) is 6.07 Å². The number of hydrogen-bond acceptors (Lipinski definition) is 5. The van der Waals surface area contributed by atoms with Crippen LogP contribution in [-0.4, -0.2) is 46.7 Å². The van der Waals surface area contributed by atoms with Crippen LogP contribution in [0.25, 0.3) is 0 Å². The van der Waals surface area contributed by atoms with Crippen LogP contribution in [0.5, 0.6) is 0 Å². The minimum Gasteiger partial charge on any atom is -0.229 e. The molecule has 0 saturated heterocycles. The maximum atomic E-state index is 12.2. The molecule has 0 radical (unpaired) electrons. The van der Waals surface area contributed by atoms with Gasteiger partial charge in [-0.15, -0.1) is 0 Å². The molecule has 0 atom stereocenters. The number of rotatable bonds is 5. The standard InChI is InChI=1S/C11H14N2O4S2/c1-13(7-8-18(2,14)15)19(16,17)11-6-4-3-5-10(11)9-12/h3-6H,7-8H2,1-2H3. The van der Waals surface area contributed by atoms with Crippen LogP contribution in [0.2, 0.25) is 0 Å². The first-order valence-electron chi connectivity index (χ1n) is 5.31. The van der Waals surface area contributed by atoms with E-state index >= 15 is 0 Å². The van der Waals surface area contributed by atoms with Crippen LogP contribution in [-0.2, 0) is 19.9 Å². The van der Waals surface area contributed by atoms with Crippen molar-refractivity contribution in [1.82, 2.24) is 4.31 Å². The predicted octanol–water partition coefficient (Wildman–Crippen LogP) is 0.223. The predicted molar refractivity (Wildman–Crippen MR) is 70.7 cm³/mol. The lowest BCUT2D eigenvalue weighted by Gasteiger charge is -2.17. The third-order valence-electron chi connectivity index (χ3n) is 2.47. The summed E-state index contributed by atoms with van der Waals surface area (Å²) >= 11 is 0. The summed E-state index contributed by atoms with van der Waals surface area (Å²) < 4.78 is 47.4. The molecule has 8 heteroatoms. The van der Waals surface area contributed by atoms with Crippen molar-refractivity contribution < 1.29 is 16.8 Å². The molecule has 0 bridgehead atoms. The molecule has 0 aromatic heterocycles. The first-order chi connectivity index (χ1) is 8.68. The second-order valence-corrected chi connectivity index (χ2v) is 8.34. The van der Waals surface area contributed by atoms with Crippen LogP contribution in [0.15, 0.2) is 29.2 Å². The van der Waals surface area contributed by atoms with Gasteiger partial charge in [-0.1, -0.05) is 12.1 Å². The van der Waals surface area contributed by atoms with Crippen molar-refractivity contribution in [2.24, 2.45) is 0 Å². The summed E-state index contributed by atoms with van der Waals surface area (Å²) in [6.07, 6.45) is 1.04. The molecule has 19 heavy (non-hydrogen) atoms. The molecule has 6 nitrogen and oxygen atoms in total. The van der Waals surface area contributed by atoms with Gasteiger partial charge < -0.3 is 0 Å². The molecular weight excluding hydrogens is 288 g/mol. The number of sulfonamides is 1. The van der Waals surface area contributed by atoms with E-state index in [0.717, 1.165) is 10.6 Å². The smallest absolute Gasteiger partial charge is 0.229 e. The first kappa shape index (κ1) is 15.6. The van der Waals surface area contributed by atoms with Gasteiger partial charge in [0, 0.05) is 19.8 Å². The molecule has 0 heterocycles. The van der Waals surface area contributed by atoms with Gasteiger partial charge in [-0.25, -0.2) is 16.8 Å². The summed E-state index contributed by atoms with van der Waals surface area (Å²) in [5.74, 6) is -0.266. The fraction of sp³-hybridized carbons (Fsp3) is 0.364. The topological polar surface area (TPSA) is 95.3 Å². The first-order valence-corrected chi connectivity index (χ1v) is 8.82. The van der Waals surface area contributed by atoms with Crippen LogP contribution in [0.4, 0.5) is 0 Å². The third-order valence-corrected chi connectivity index (χ3v) is 5.31. The van der Waals surface area contributed by atoms with E-state index in [9.17, 15) is 16.8 Å². The van der Waals surface area contributed by atoms with Crippen molar-refractivity contribution in [1.29, 1.82) is 5.26 Å². The Hall–Kier alpha value is -1.43. The molecule has 0 aliphatic rings. The maximum absolute atomic E-state index is 12.2. The quantitative estimate of drug-likeness (QED) is 0.775. The van der Waals surface area contributed by atoms with Gasteiger partial charge in [-0.2, -0.15) is 9.57 Å². The van der Waals surface area contributed by atoms with Crippen molar-refractivity contribution in [2.45, 2.75) is 4.90 Å². The average Bonchev–Trinajstić information content (AvgIpc) is 2.34. The highest BCUT2D eigenvalue weighted by Crippen LogP contribution is 2.18. The Morgan fingerprint density at radius 1 is 1.21 bits per heavy atom. The summed E-state index contributed by atoms with van der Waals surface area (Å²) in [5.41, 5.74) is 0.0358. The molecule has 0 amide bonds. The Balaban J connectivity index is 3.08. The highest BCUT2D eigenvalue weighted by Gasteiger charge is 2.24. The summed E-state index contributed by atoms with van der Waals surface area (Å²) in [6.45, 7) is -0.152. The van der Waals surface area contributed by atoms with Gasteiger partial charge in [0.25, 0.3) is 0 Å². The molecule has 1 aromatic carbocycles. The third kappa shape index (κ3) is 4.02. The summed E-state index contributed by atoms with van der Waals surface area (Å²) in [4.78, 5) is -0.117. The zero-order valence-electron chi connectivity index (χ0n) is 10.6. The maximum Gasteiger partial charge on any atom is 0.244 e. The molecule has 0 saturated carbocycles. The highest BCUT2D eigenvalue weighted by molar-refractivity contribution is 7.91. The Bertz CT molecular complexity index is 702. The van der Waals surface area contributed by atoms with Gasteiger partial charge >= 0.3 is 0 Å². The van der Waals surface area contributed by atoms with E-state index in [1.165, 1.54) is 25.2 Å². The molecule has 1 aromatic rings. The lowest BCUT2D eigenvalue weighted by atomic mass is 10.2. The Morgan fingerprint density at radius 2 is 1.79 bits per heavy atom. The van der Waals surface area contributed by atoms with Crippen molar-refractivity contribution in [2.75, 3.05) is 25.6 Å². The average molecular weight is 302 g/mol. The fourth-order valence-corrected chi connectivity index (χ4v) is 3.40. The van der Waals surface area contributed by atoms with Crippen molar-refractivity contribution in [3.05, 3.63) is 29.8 Å². The monoisotopic (exact) mass is 302 g/mol. The van der Waals surface area contributed by atoms with Gasteiger partial charge in [0.1, 0.15) is 15.9 Å². The van der Waals surface area contributed by atoms with Gasteiger partial charge in [0.05, 0.1) is 16.2 Å². The minimum atomic E-state index is -3.86. The Kier molecular flexibility index (Phi) is 4.68. The van der Waals surface area contributed by atoms with Crippen molar-refractivity contribution in [3.63, 3.8) is 0 Å². The van der Waals surface area contributed by atoms with Gasteiger partial charge in [-0.3, -0.25) is 0 Å². The molecule has 0 aliphatic heterocycles. The lowest BCUT2D eigenvalue weighted by Crippen LogP contribution is -2.32. The van der Waals surface area contributed by atoms with Gasteiger partial charge in [0.2, 0.25) is 10.0 Å². The molecule has 0 aliphatic carbocycles. The number of sulfone groups is 1. The van der Waals surface area contributed by atoms with E-state index in [0.29, 0.717) is 0 Å². The van der Waals surface area contributed by atoms with E-state index in [1.807, 2.05) is 0 Å². The Labute approximate surface area is 113 Å². The second kappa shape index (κ2) is 5.69. The largest absolute Gasteiger partial charge is 0.244 e. The zero-order chi connectivity index (χ0) is 14.7. The molecule has 0 N–H and O–H groups in total. The zero-order valence-corrected chi connectivity index (χ0v) is 12.2. The fourth-order valence-electron chi connectivity index (χ4n) is 1.37. The number of nitriles is 1. The van der Waals surface area contributed by atoms with E-state index in [-0.39, 0.29) is 22.8 Å². The molecular formula is C11H14N2O4S2. The van der Waals surface area contributed by atoms with E-state index in [1.54, 1.807) is 12.1 Å². The van der Waals surface area contributed by atoms with Crippen LogP contribution >= 0.6 is 0 Å².